The molecule has 0 radical (unpaired) electrons. The minimum Gasteiger partial charge on any atom is -0.497 e. The van der Waals surface area contributed by atoms with E-state index in [4.69, 9.17) is 33.2 Å². The molecule has 0 aliphatic heterocycles. The average Bonchev–Trinajstić information content (AvgIpc) is 3.03. The summed E-state index contributed by atoms with van der Waals surface area (Å²) in [4.78, 5) is 25.8. The van der Waals surface area contributed by atoms with Crippen LogP contribution in [0.5, 0.6) is 5.75 Å². The molecule has 1 N–H and O–H groups in total. The standard InChI is InChI=1S/C20H13Cl2N5O3/c1-10-9-26(17-4-3-12(30-2)7-13(10)17)18-14(21)5-11(6-15(18)22)27-20(29)24-19(28)16(8-23)25-27/h3-7,9H,1-2H3,(H,24,28,29). The fourth-order valence-electron chi connectivity index (χ4n) is 3.24. The maximum Gasteiger partial charge on any atom is 0.349 e. The van der Waals surface area contributed by atoms with Crippen molar-refractivity contribution in [2.24, 2.45) is 0 Å². The highest BCUT2D eigenvalue weighted by Crippen LogP contribution is 2.36. The number of aryl methyl sites for hydroxylation is 1. The van der Waals surface area contributed by atoms with Crippen LogP contribution in [-0.2, 0) is 0 Å². The van der Waals surface area contributed by atoms with Gasteiger partial charge in [-0.3, -0.25) is 9.78 Å². The van der Waals surface area contributed by atoms with Gasteiger partial charge in [-0.05, 0) is 42.8 Å². The molecule has 4 rings (SSSR count). The molecule has 0 saturated carbocycles. The first-order valence-electron chi connectivity index (χ1n) is 8.63. The van der Waals surface area contributed by atoms with Crippen molar-refractivity contribution in [2.75, 3.05) is 7.11 Å². The summed E-state index contributed by atoms with van der Waals surface area (Å²) in [6.07, 6.45) is 1.90. The van der Waals surface area contributed by atoms with Gasteiger partial charge in [-0.2, -0.15) is 9.94 Å². The molecule has 2 aromatic heterocycles. The van der Waals surface area contributed by atoms with Gasteiger partial charge in [0, 0.05) is 11.6 Å². The second kappa shape index (κ2) is 7.37. The molecule has 0 bridgehead atoms. The molecule has 0 aliphatic rings. The molecule has 0 spiro atoms. The largest absolute Gasteiger partial charge is 0.497 e. The van der Waals surface area contributed by atoms with Crippen LogP contribution in [0.4, 0.5) is 0 Å². The van der Waals surface area contributed by atoms with Crippen molar-refractivity contribution in [3.63, 3.8) is 0 Å². The summed E-state index contributed by atoms with van der Waals surface area (Å²) < 4.78 is 8.01. The Bertz CT molecular complexity index is 1450. The van der Waals surface area contributed by atoms with Crippen LogP contribution in [0.25, 0.3) is 22.3 Å². The highest BCUT2D eigenvalue weighted by atomic mass is 35.5. The quantitative estimate of drug-likeness (QED) is 0.524. The zero-order valence-electron chi connectivity index (χ0n) is 15.7. The first-order chi connectivity index (χ1) is 14.3. The molecule has 0 atom stereocenters. The van der Waals surface area contributed by atoms with Gasteiger partial charge in [0.05, 0.1) is 34.0 Å². The molecule has 150 valence electrons. The maximum atomic E-state index is 12.2. The van der Waals surface area contributed by atoms with Gasteiger partial charge in [0.1, 0.15) is 11.8 Å². The number of aromatic nitrogens is 4. The van der Waals surface area contributed by atoms with E-state index in [9.17, 15) is 9.59 Å². The van der Waals surface area contributed by atoms with Crippen LogP contribution in [0.2, 0.25) is 10.0 Å². The number of halogens is 2. The third-order valence-electron chi connectivity index (χ3n) is 4.63. The Labute approximate surface area is 179 Å². The van der Waals surface area contributed by atoms with E-state index in [2.05, 4.69) is 5.10 Å². The van der Waals surface area contributed by atoms with Gasteiger partial charge >= 0.3 is 5.69 Å². The van der Waals surface area contributed by atoms with Gasteiger partial charge in [0.15, 0.2) is 0 Å². The molecule has 2 aromatic carbocycles. The number of benzene rings is 2. The zero-order valence-corrected chi connectivity index (χ0v) is 17.2. The van der Waals surface area contributed by atoms with Crippen molar-refractivity contribution in [3.05, 3.63) is 78.7 Å². The normalized spacial score (nSPS) is 10.9. The summed E-state index contributed by atoms with van der Waals surface area (Å²) in [5, 5.41) is 14.3. The number of nitriles is 1. The predicted octanol–water partition coefficient (Wildman–Crippen LogP) is 3.36. The minimum absolute atomic E-state index is 0.210. The summed E-state index contributed by atoms with van der Waals surface area (Å²) in [6, 6.07) is 10.3. The van der Waals surface area contributed by atoms with Crippen molar-refractivity contribution in [3.8, 4) is 23.2 Å². The van der Waals surface area contributed by atoms with Crippen LogP contribution >= 0.6 is 23.2 Å². The second-order valence-corrected chi connectivity index (χ2v) is 7.27. The predicted molar refractivity (Wildman–Crippen MR) is 113 cm³/mol. The molecular weight excluding hydrogens is 429 g/mol. The summed E-state index contributed by atoms with van der Waals surface area (Å²) in [6.45, 7) is 1.96. The molecular formula is C20H13Cl2N5O3. The molecule has 0 saturated heterocycles. The van der Waals surface area contributed by atoms with Gasteiger partial charge < -0.3 is 9.30 Å². The number of ether oxygens (including phenoxy) is 1. The molecule has 4 aromatic rings. The summed E-state index contributed by atoms with van der Waals surface area (Å²) in [7, 11) is 1.60. The van der Waals surface area contributed by atoms with Crippen LogP contribution in [0.15, 0.2) is 46.1 Å². The number of aromatic amines is 1. The van der Waals surface area contributed by atoms with Crippen LogP contribution in [-0.4, -0.2) is 26.4 Å². The van der Waals surface area contributed by atoms with E-state index < -0.39 is 16.9 Å². The van der Waals surface area contributed by atoms with Crippen LogP contribution in [0, 0.1) is 18.3 Å². The van der Waals surface area contributed by atoms with Crippen molar-refractivity contribution >= 4 is 34.1 Å². The van der Waals surface area contributed by atoms with Gasteiger partial charge in [0.2, 0.25) is 5.69 Å². The third kappa shape index (κ3) is 3.14. The highest BCUT2D eigenvalue weighted by Gasteiger charge is 2.17. The second-order valence-electron chi connectivity index (χ2n) is 6.45. The maximum absolute atomic E-state index is 12.2. The first-order valence-corrected chi connectivity index (χ1v) is 9.39. The molecule has 10 heteroatoms. The number of methoxy groups -OCH3 is 1. The number of nitrogens with one attached hydrogen (secondary N) is 1. The lowest BCUT2D eigenvalue weighted by molar-refractivity contribution is 0.415. The van der Waals surface area contributed by atoms with E-state index >= 15 is 0 Å². The zero-order chi connectivity index (χ0) is 21.6. The Morgan fingerprint density at radius 2 is 1.87 bits per heavy atom. The number of rotatable bonds is 3. The molecule has 0 amide bonds. The van der Waals surface area contributed by atoms with Crippen LogP contribution < -0.4 is 16.0 Å². The molecule has 8 nitrogen and oxygen atoms in total. The van der Waals surface area contributed by atoms with E-state index in [1.165, 1.54) is 12.1 Å². The molecule has 0 aliphatic carbocycles. The first kappa shape index (κ1) is 19.8. The van der Waals surface area contributed by atoms with Crippen molar-refractivity contribution < 1.29 is 4.74 Å². The van der Waals surface area contributed by atoms with E-state index in [-0.39, 0.29) is 15.7 Å². The lowest BCUT2D eigenvalue weighted by Crippen LogP contribution is -2.33. The SMILES string of the molecule is COc1ccc2c(c1)c(C)cn2-c1c(Cl)cc(-n2nc(C#N)c(=O)[nH]c2=O)cc1Cl. The summed E-state index contributed by atoms with van der Waals surface area (Å²) in [5.41, 5.74) is 0.468. The lowest BCUT2D eigenvalue weighted by atomic mass is 10.2. The Morgan fingerprint density at radius 1 is 1.17 bits per heavy atom. The molecule has 30 heavy (non-hydrogen) atoms. The van der Waals surface area contributed by atoms with Crippen molar-refractivity contribution in [1.29, 1.82) is 5.26 Å². The summed E-state index contributed by atoms with van der Waals surface area (Å²) in [5.74, 6) is 0.729. The Kier molecular flexibility index (Phi) is 4.86. The van der Waals surface area contributed by atoms with E-state index in [1.54, 1.807) is 13.2 Å². The highest BCUT2D eigenvalue weighted by molar-refractivity contribution is 6.38. The van der Waals surface area contributed by atoms with Gasteiger partial charge in [-0.25, -0.2) is 4.79 Å². The topological polar surface area (TPSA) is 106 Å². The number of hydrogen-bond acceptors (Lipinski definition) is 5. The Hall–Kier alpha value is -3.54. The number of fused-ring (bicyclic) bond motifs is 1. The van der Waals surface area contributed by atoms with Gasteiger partial charge in [0.25, 0.3) is 5.56 Å². The lowest BCUT2D eigenvalue weighted by Gasteiger charge is -2.13. The van der Waals surface area contributed by atoms with E-state index in [0.717, 1.165) is 26.9 Å². The number of nitrogens with zero attached hydrogens (tertiary/aromatic N) is 4. The monoisotopic (exact) mass is 441 g/mol. The molecule has 0 unspecified atom stereocenters. The number of hydrogen-bond donors (Lipinski definition) is 1. The Balaban J connectivity index is 1.92. The fourth-order valence-corrected chi connectivity index (χ4v) is 3.90. The van der Waals surface area contributed by atoms with Crippen LogP contribution in [0.1, 0.15) is 11.3 Å². The van der Waals surface area contributed by atoms with Crippen LogP contribution in [0.3, 0.4) is 0 Å². The van der Waals surface area contributed by atoms with Gasteiger partial charge in [-0.1, -0.05) is 23.2 Å². The Morgan fingerprint density at radius 3 is 2.50 bits per heavy atom. The summed E-state index contributed by atoms with van der Waals surface area (Å²) >= 11 is 13.1. The number of H-pyrrole nitrogens is 1. The fraction of sp³-hybridized carbons (Fsp3) is 0.100. The van der Waals surface area contributed by atoms with E-state index in [1.807, 2.05) is 40.9 Å². The van der Waals surface area contributed by atoms with Gasteiger partial charge in [-0.15, -0.1) is 5.10 Å². The molecule has 0 fully saturated rings. The smallest absolute Gasteiger partial charge is 0.349 e. The minimum atomic E-state index is -0.864. The third-order valence-corrected chi connectivity index (χ3v) is 5.21. The van der Waals surface area contributed by atoms with Crippen molar-refractivity contribution in [2.45, 2.75) is 6.92 Å². The van der Waals surface area contributed by atoms with Crippen molar-refractivity contribution in [1.82, 2.24) is 19.3 Å². The average molecular weight is 442 g/mol. The van der Waals surface area contributed by atoms with E-state index in [0.29, 0.717) is 5.69 Å². The molecule has 2 heterocycles.